The Hall–Kier alpha value is -2.01. The van der Waals surface area contributed by atoms with Crippen LogP contribution in [0, 0.1) is 0 Å². The van der Waals surface area contributed by atoms with Gasteiger partial charge in [-0.05, 0) is 24.3 Å². The monoisotopic (exact) mass is 279 g/mol. The summed E-state index contributed by atoms with van der Waals surface area (Å²) in [7, 11) is 1.90. The highest BCUT2D eigenvalue weighted by Crippen LogP contribution is 2.20. The molecule has 2 N–H and O–H groups in total. The zero-order valence-electron chi connectivity index (χ0n) is 10.4. The van der Waals surface area contributed by atoms with Crippen LogP contribution in [0.1, 0.15) is 16.1 Å². The number of halogens is 1. The Morgan fingerprint density at radius 1 is 1.47 bits per heavy atom. The predicted octanol–water partition coefficient (Wildman–Crippen LogP) is 2.43. The highest BCUT2D eigenvalue weighted by atomic mass is 35.5. The van der Waals surface area contributed by atoms with Crippen LogP contribution in [0.5, 0.6) is 0 Å². The third-order valence-corrected chi connectivity index (χ3v) is 3.14. The maximum atomic E-state index is 10.8. The number of aromatic carboxylic acids is 1. The van der Waals surface area contributed by atoms with Crippen molar-refractivity contribution in [1.82, 2.24) is 9.78 Å². The summed E-state index contributed by atoms with van der Waals surface area (Å²) in [5.41, 5.74) is 2.04. The van der Waals surface area contributed by atoms with Crippen molar-refractivity contribution in [3.05, 3.63) is 46.7 Å². The van der Waals surface area contributed by atoms with Crippen LogP contribution in [-0.4, -0.2) is 27.4 Å². The number of nitrogens with zero attached hydrogens (tertiary/aromatic N) is 2. The molecule has 0 radical (unpaired) electrons. The first kappa shape index (κ1) is 13.4. The van der Waals surface area contributed by atoms with E-state index in [2.05, 4.69) is 10.4 Å². The van der Waals surface area contributed by atoms with Gasteiger partial charge < -0.3 is 10.4 Å². The highest BCUT2D eigenvalue weighted by Gasteiger charge is 2.08. The lowest BCUT2D eigenvalue weighted by Gasteiger charge is -2.08. The van der Waals surface area contributed by atoms with Gasteiger partial charge in [0.05, 0.1) is 10.6 Å². The number of anilines is 1. The van der Waals surface area contributed by atoms with Gasteiger partial charge in [0.25, 0.3) is 0 Å². The molecule has 0 spiro atoms. The van der Waals surface area contributed by atoms with Crippen molar-refractivity contribution in [2.75, 3.05) is 11.9 Å². The minimum atomic E-state index is -1.02. The SMILES string of the molecule is Cn1nccc1CCNc1ccc(C(=O)O)c(Cl)c1. The molecule has 19 heavy (non-hydrogen) atoms. The molecule has 1 aromatic heterocycles. The second-order valence-corrected chi connectivity index (χ2v) is 4.53. The van der Waals surface area contributed by atoms with Crippen molar-refractivity contribution in [2.45, 2.75) is 6.42 Å². The Labute approximate surface area is 115 Å². The molecule has 0 saturated carbocycles. The van der Waals surface area contributed by atoms with Crippen molar-refractivity contribution in [1.29, 1.82) is 0 Å². The first-order valence-corrected chi connectivity index (χ1v) is 6.19. The molecule has 0 unspecified atom stereocenters. The molecule has 1 aromatic carbocycles. The molecule has 0 bridgehead atoms. The van der Waals surface area contributed by atoms with Gasteiger partial charge in [0.1, 0.15) is 0 Å². The number of carbonyl (C=O) groups is 1. The van der Waals surface area contributed by atoms with E-state index in [1.54, 1.807) is 18.3 Å². The van der Waals surface area contributed by atoms with Crippen LogP contribution in [0.4, 0.5) is 5.69 Å². The van der Waals surface area contributed by atoms with Crippen LogP contribution in [-0.2, 0) is 13.5 Å². The molecule has 2 rings (SSSR count). The van der Waals surface area contributed by atoms with E-state index in [4.69, 9.17) is 16.7 Å². The van der Waals surface area contributed by atoms with Gasteiger partial charge in [0.15, 0.2) is 0 Å². The quantitative estimate of drug-likeness (QED) is 0.882. The average molecular weight is 280 g/mol. The summed E-state index contributed by atoms with van der Waals surface area (Å²) in [4.78, 5) is 10.8. The summed E-state index contributed by atoms with van der Waals surface area (Å²) in [5.74, 6) is -1.02. The van der Waals surface area contributed by atoms with E-state index in [0.29, 0.717) is 0 Å². The van der Waals surface area contributed by atoms with Crippen LogP contribution < -0.4 is 5.32 Å². The zero-order valence-corrected chi connectivity index (χ0v) is 11.2. The molecule has 2 aromatic rings. The smallest absolute Gasteiger partial charge is 0.337 e. The second kappa shape index (κ2) is 5.75. The van der Waals surface area contributed by atoms with Gasteiger partial charge in [0, 0.05) is 37.6 Å². The fraction of sp³-hybridized carbons (Fsp3) is 0.231. The first-order valence-electron chi connectivity index (χ1n) is 5.81. The van der Waals surface area contributed by atoms with Crippen LogP contribution in [0.15, 0.2) is 30.5 Å². The summed E-state index contributed by atoms with van der Waals surface area (Å²) in [6.45, 7) is 0.724. The lowest BCUT2D eigenvalue weighted by molar-refractivity contribution is 0.0697. The number of aromatic nitrogens is 2. The number of benzene rings is 1. The third kappa shape index (κ3) is 3.26. The number of carboxylic acid groups (broad SMARTS) is 1. The van der Waals surface area contributed by atoms with Gasteiger partial charge in [-0.1, -0.05) is 11.6 Å². The maximum Gasteiger partial charge on any atom is 0.337 e. The molecule has 0 saturated heterocycles. The summed E-state index contributed by atoms with van der Waals surface area (Å²) < 4.78 is 1.82. The number of rotatable bonds is 5. The molecule has 100 valence electrons. The largest absolute Gasteiger partial charge is 0.478 e. The summed E-state index contributed by atoms with van der Waals surface area (Å²) in [5, 5.41) is 16.4. The average Bonchev–Trinajstić information content (AvgIpc) is 2.75. The molecule has 0 atom stereocenters. The molecule has 5 nitrogen and oxygen atoms in total. The van der Waals surface area contributed by atoms with E-state index >= 15 is 0 Å². The van der Waals surface area contributed by atoms with Gasteiger partial charge in [-0.25, -0.2) is 4.79 Å². The number of hydrogen-bond donors (Lipinski definition) is 2. The number of nitrogens with one attached hydrogen (secondary N) is 1. The minimum Gasteiger partial charge on any atom is -0.478 e. The van der Waals surface area contributed by atoms with E-state index in [-0.39, 0.29) is 10.6 Å². The van der Waals surface area contributed by atoms with E-state index in [1.807, 2.05) is 17.8 Å². The van der Waals surface area contributed by atoms with E-state index in [1.165, 1.54) is 6.07 Å². The Kier molecular flexibility index (Phi) is 4.06. The molecule has 1 heterocycles. The van der Waals surface area contributed by atoms with Gasteiger partial charge in [-0.3, -0.25) is 4.68 Å². The van der Waals surface area contributed by atoms with E-state index in [9.17, 15) is 4.79 Å². The molecule has 0 aliphatic rings. The molecule has 0 aliphatic heterocycles. The maximum absolute atomic E-state index is 10.8. The Morgan fingerprint density at radius 3 is 2.84 bits per heavy atom. The molecular weight excluding hydrogens is 266 g/mol. The molecule has 6 heteroatoms. The summed E-state index contributed by atoms with van der Waals surface area (Å²) in [6.07, 6.45) is 2.59. The van der Waals surface area contributed by atoms with E-state index in [0.717, 1.165) is 24.3 Å². The van der Waals surface area contributed by atoms with Crippen molar-refractivity contribution < 1.29 is 9.90 Å². The van der Waals surface area contributed by atoms with Gasteiger partial charge in [0.2, 0.25) is 0 Å². The number of hydrogen-bond acceptors (Lipinski definition) is 3. The van der Waals surface area contributed by atoms with Gasteiger partial charge in [-0.15, -0.1) is 0 Å². The predicted molar refractivity (Wildman–Crippen MR) is 73.8 cm³/mol. The van der Waals surface area contributed by atoms with Gasteiger partial charge in [-0.2, -0.15) is 5.10 Å². The first-order chi connectivity index (χ1) is 9.08. The Bertz CT molecular complexity index is 595. The van der Waals surface area contributed by atoms with Crippen molar-refractivity contribution in [3.63, 3.8) is 0 Å². The highest BCUT2D eigenvalue weighted by molar-refractivity contribution is 6.33. The molecule has 0 aliphatic carbocycles. The normalized spacial score (nSPS) is 10.4. The minimum absolute atomic E-state index is 0.110. The van der Waals surface area contributed by atoms with Crippen LogP contribution in [0.2, 0.25) is 5.02 Å². The fourth-order valence-corrected chi connectivity index (χ4v) is 2.04. The zero-order chi connectivity index (χ0) is 13.8. The Balaban J connectivity index is 1.95. The lowest BCUT2D eigenvalue weighted by atomic mass is 10.2. The fourth-order valence-electron chi connectivity index (χ4n) is 1.78. The summed E-state index contributed by atoms with van der Waals surface area (Å²) >= 11 is 5.89. The summed E-state index contributed by atoms with van der Waals surface area (Å²) in [6, 6.07) is 6.78. The van der Waals surface area contributed by atoms with Crippen LogP contribution in [0.25, 0.3) is 0 Å². The molecular formula is C13H14ClN3O2. The molecule has 0 fully saturated rings. The van der Waals surface area contributed by atoms with Gasteiger partial charge >= 0.3 is 5.97 Å². The van der Waals surface area contributed by atoms with Crippen LogP contribution >= 0.6 is 11.6 Å². The number of carboxylic acids is 1. The molecule has 0 amide bonds. The third-order valence-electron chi connectivity index (χ3n) is 2.83. The van der Waals surface area contributed by atoms with Crippen LogP contribution in [0.3, 0.4) is 0 Å². The number of aryl methyl sites for hydroxylation is 1. The standard InChI is InChI=1S/C13H14ClN3O2/c1-17-10(5-7-16-17)4-6-15-9-2-3-11(13(18)19)12(14)8-9/h2-3,5,7-8,15H,4,6H2,1H3,(H,18,19). The topological polar surface area (TPSA) is 67.2 Å². The lowest BCUT2D eigenvalue weighted by Crippen LogP contribution is -2.08. The van der Waals surface area contributed by atoms with E-state index < -0.39 is 5.97 Å². The Morgan fingerprint density at radius 2 is 2.26 bits per heavy atom. The second-order valence-electron chi connectivity index (χ2n) is 4.12. The van der Waals surface area contributed by atoms with Crippen molar-refractivity contribution in [3.8, 4) is 0 Å². The van der Waals surface area contributed by atoms with Crippen molar-refractivity contribution in [2.24, 2.45) is 7.05 Å². The van der Waals surface area contributed by atoms with Crippen molar-refractivity contribution >= 4 is 23.3 Å².